The molecule has 0 bridgehead atoms. The van der Waals surface area contributed by atoms with E-state index in [2.05, 4.69) is 78.9 Å². The van der Waals surface area contributed by atoms with Gasteiger partial charge in [0.25, 0.3) is 0 Å². The summed E-state index contributed by atoms with van der Waals surface area (Å²) in [4.78, 5) is 0. The van der Waals surface area contributed by atoms with E-state index in [4.69, 9.17) is 18.9 Å². The summed E-state index contributed by atoms with van der Waals surface area (Å²) in [5.74, 6) is 1.76. The molecular formula is C30H26O4. The Morgan fingerprint density at radius 3 is 1.71 bits per heavy atom. The molecule has 4 heteroatoms. The smallest absolute Gasteiger partial charge is 0.127 e. The number of hydrogen-bond donors (Lipinski definition) is 0. The number of hydrogen-bond acceptors (Lipinski definition) is 4. The van der Waals surface area contributed by atoms with Crippen LogP contribution in [-0.2, 0) is 9.47 Å². The zero-order chi connectivity index (χ0) is 22.7. The second-order valence-electron chi connectivity index (χ2n) is 8.71. The van der Waals surface area contributed by atoms with Crippen molar-refractivity contribution in [2.24, 2.45) is 0 Å². The van der Waals surface area contributed by atoms with Gasteiger partial charge in [0.2, 0.25) is 0 Å². The minimum atomic E-state index is 0.226. The third-order valence-electron chi connectivity index (χ3n) is 6.14. The van der Waals surface area contributed by atoms with Crippen molar-refractivity contribution in [1.29, 1.82) is 0 Å². The zero-order valence-electron chi connectivity index (χ0n) is 18.9. The highest BCUT2D eigenvalue weighted by Gasteiger charge is 2.24. The molecule has 0 aliphatic carbocycles. The highest BCUT2D eigenvalue weighted by atomic mass is 16.6. The first-order valence-corrected chi connectivity index (χ1v) is 11.7. The molecule has 4 nitrogen and oxygen atoms in total. The van der Waals surface area contributed by atoms with E-state index >= 15 is 0 Å². The molecule has 0 amide bonds. The van der Waals surface area contributed by atoms with Crippen molar-refractivity contribution in [2.75, 3.05) is 26.4 Å². The lowest BCUT2D eigenvalue weighted by molar-refractivity contribution is 0.263. The van der Waals surface area contributed by atoms with Gasteiger partial charge in [-0.1, -0.05) is 72.8 Å². The molecule has 6 rings (SSSR count). The summed E-state index contributed by atoms with van der Waals surface area (Å²) in [6.45, 7) is 2.81. The summed E-state index contributed by atoms with van der Waals surface area (Å²) < 4.78 is 22.3. The second-order valence-corrected chi connectivity index (χ2v) is 8.71. The molecule has 0 saturated carbocycles. The van der Waals surface area contributed by atoms with Gasteiger partial charge in [0.05, 0.1) is 13.2 Å². The summed E-state index contributed by atoms with van der Waals surface area (Å²) in [6.07, 6.45) is 0.492. The molecule has 2 fully saturated rings. The molecular weight excluding hydrogens is 424 g/mol. The fourth-order valence-corrected chi connectivity index (χ4v) is 3.98. The second kappa shape index (κ2) is 9.34. The average molecular weight is 451 g/mol. The molecule has 0 radical (unpaired) electrons. The first-order chi connectivity index (χ1) is 16.8. The van der Waals surface area contributed by atoms with Crippen LogP contribution in [0.5, 0.6) is 11.5 Å². The van der Waals surface area contributed by atoms with Gasteiger partial charge in [-0.15, -0.1) is 0 Å². The van der Waals surface area contributed by atoms with Crippen LogP contribution >= 0.6 is 0 Å². The van der Waals surface area contributed by atoms with E-state index in [0.717, 1.165) is 47.0 Å². The van der Waals surface area contributed by atoms with Crippen LogP contribution in [0.4, 0.5) is 0 Å². The van der Waals surface area contributed by atoms with Gasteiger partial charge in [-0.2, -0.15) is 0 Å². The van der Waals surface area contributed by atoms with Crippen LogP contribution in [-0.4, -0.2) is 38.6 Å². The molecule has 2 aliphatic rings. The molecule has 2 saturated heterocycles. The topological polar surface area (TPSA) is 43.5 Å². The van der Waals surface area contributed by atoms with Crippen LogP contribution in [0.3, 0.4) is 0 Å². The Hall–Kier alpha value is -3.60. The summed E-state index contributed by atoms with van der Waals surface area (Å²) in [5.41, 5.74) is 6.90. The fraction of sp³-hybridized carbons (Fsp3) is 0.200. The summed E-state index contributed by atoms with van der Waals surface area (Å²) >= 11 is 0. The molecule has 0 aromatic heterocycles. The molecule has 4 aromatic carbocycles. The fourth-order valence-electron chi connectivity index (χ4n) is 3.98. The first kappa shape index (κ1) is 21.0. The Morgan fingerprint density at radius 1 is 0.559 bits per heavy atom. The van der Waals surface area contributed by atoms with Crippen LogP contribution in [0.1, 0.15) is 0 Å². The average Bonchev–Trinajstić information content (AvgIpc) is 3.83. The van der Waals surface area contributed by atoms with E-state index in [9.17, 15) is 0 Å². The monoisotopic (exact) mass is 450 g/mol. The van der Waals surface area contributed by atoms with E-state index < -0.39 is 0 Å². The molecule has 2 heterocycles. The first-order valence-electron chi connectivity index (χ1n) is 11.7. The Balaban J connectivity index is 1.22. The maximum Gasteiger partial charge on any atom is 0.127 e. The third kappa shape index (κ3) is 4.98. The van der Waals surface area contributed by atoms with Gasteiger partial charge in [-0.05, 0) is 52.1 Å². The molecule has 170 valence electrons. The lowest BCUT2D eigenvalue weighted by Gasteiger charge is -2.14. The van der Waals surface area contributed by atoms with Crippen molar-refractivity contribution in [3.63, 3.8) is 0 Å². The van der Waals surface area contributed by atoms with Gasteiger partial charge in [0, 0.05) is 5.56 Å². The Labute approximate surface area is 199 Å². The molecule has 2 unspecified atom stereocenters. The highest BCUT2D eigenvalue weighted by Crippen LogP contribution is 2.35. The van der Waals surface area contributed by atoms with E-state index in [1.54, 1.807) is 0 Å². The van der Waals surface area contributed by atoms with Gasteiger partial charge in [-0.3, -0.25) is 0 Å². The van der Waals surface area contributed by atoms with Crippen molar-refractivity contribution >= 4 is 0 Å². The summed E-state index contributed by atoms with van der Waals surface area (Å²) in [6, 6.07) is 33.7. The number of rotatable bonds is 9. The van der Waals surface area contributed by atoms with Gasteiger partial charge >= 0.3 is 0 Å². The molecule has 2 atom stereocenters. The molecule has 34 heavy (non-hydrogen) atoms. The predicted octanol–water partition coefficient (Wildman–Crippen LogP) is 6.24. The van der Waals surface area contributed by atoms with Crippen LogP contribution in [0.25, 0.3) is 33.4 Å². The largest absolute Gasteiger partial charge is 0.491 e. The van der Waals surface area contributed by atoms with Gasteiger partial charge in [0.15, 0.2) is 0 Å². The van der Waals surface area contributed by atoms with Crippen molar-refractivity contribution in [1.82, 2.24) is 0 Å². The SMILES string of the molecule is c1ccc(-c2cc(-c3ccc(-c4ccc(OCC5CO5)cc4)cc3)ccc2OCC2CO2)cc1. The standard InChI is InChI=1S/C30H26O4/c1-2-4-24(5-3-1)29-16-25(12-15-30(29)34-20-28-19-33-28)23-8-6-21(7-9-23)22-10-13-26(14-11-22)31-17-27-18-32-27/h1-16,27-28H,17-20H2. The Morgan fingerprint density at radius 2 is 1.09 bits per heavy atom. The van der Waals surface area contributed by atoms with Crippen molar-refractivity contribution < 1.29 is 18.9 Å². The van der Waals surface area contributed by atoms with E-state index in [-0.39, 0.29) is 12.2 Å². The third-order valence-corrected chi connectivity index (χ3v) is 6.14. The number of benzene rings is 4. The molecule has 4 aromatic rings. The van der Waals surface area contributed by atoms with Gasteiger partial charge < -0.3 is 18.9 Å². The quantitative estimate of drug-likeness (QED) is 0.283. The van der Waals surface area contributed by atoms with E-state index in [0.29, 0.717) is 13.2 Å². The molecule has 2 aliphatic heterocycles. The van der Waals surface area contributed by atoms with Crippen molar-refractivity contribution in [3.05, 3.63) is 97.1 Å². The van der Waals surface area contributed by atoms with E-state index in [1.807, 2.05) is 18.2 Å². The van der Waals surface area contributed by atoms with Crippen LogP contribution < -0.4 is 9.47 Å². The predicted molar refractivity (Wildman–Crippen MR) is 133 cm³/mol. The van der Waals surface area contributed by atoms with Crippen LogP contribution in [0, 0.1) is 0 Å². The minimum Gasteiger partial charge on any atom is -0.491 e. The van der Waals surface area contributed by atoms with Crippen LogP contribution in [0.2, 0.25) is 0 Å². The number of ether oxygens (including phenoxy) is 4. The van der Waals surface area contributed by atoms with Gasteiger partial charge in [-0.25, -0.2) is 0 Å². The highest BCUT2D eigenvalue weighted by molar-refractivity contribution is 5.79. The summed E-state index contributed by atoms with van der Waals surface area (Å²) in [7, 11) is 0. The number of epoxide rings is 2. The zero-order valence-corrected chi connectivity index (χ0v) is 18.9. The lowest BCUT2D eigenvalue weighted by Crippen LogP contribution is -2.05. The summed E-state index contributed by atoms with van der Waals surface area (Å²) in [5, 5.41) is 0. The van der Waals surface area contributed by atoms with Gasteiger partial charge in [0.1, 0.15) is 36.9 Å². The minimum absolute atomic E-state index is 0.226. The van der Waals surface area contributed by atoms with Crippen LogP contribution in [0.15, 0.2) is 97.1 Å². The normalized spacial score (nSPS) is 18.4. The molecule has 0 spiro atoms. The molecule has 0 N–H and O–H groups in total. The van der Waals surface area contributed by atoms with Crippen molar-refractivity contribution in [3.8, 4) is 44.9 Å². The maximum atomic E-state index is 6.08. The van der Waals surface area contributed by atoms with Crippen molar-refractivity contribution in [2.45, 2.75) is 12.2 Å². The van der Waals surface area contributed by atoms with E-state index in [1.165, 1.54) is 11.1 Å². The lowest BCUT2D eigenvalue weighted by atomic mass is 9.96. The Kier molecular flexibility index (Phi) is 5.76. The Bertz CT molecular complexity index is 1240. The maximum absolute atomic E-state index is 6.08.